The second-order valence-electron chi connectivity index (χ2n) is 7.79. The van der Waals surface area contributed by atoms with Crippen molar-refractivity contribution in [1.82, 2.24) is 0 Å². The number of nitriles is 1. The summed E-state index contributed by atoms with van der Waals surface area (Å²) in [5.41, 5.74) is 0.360. The number of hydrogen-bond donors (Lipinski definition) is 3. The summed E-state index contributed by atoms with van der Waals surface area (Å²) in [6, 6.07) is 15.0. The third kappa shape index (κ3) is 7.35. The van der Waals surface area contributed by atoms with Crippen LogP contribution in [0.1, 0.15) is 22.8 Å². The number of rotatable bonds is 9. The highest BCUT2D eigenvalue weighted by molar-refractivity contribution is 7.87. The number of ether oxygens (including phenoxy) is 1. The minimum Gasteiger partial charge on any atom is -0.493 e. The van der Waals surface area contributed by atoms with Gasteiger partial charge in [0.25, 0.3) is 5.91 Å². The van der Waals surface area contributed by atoms with Crippen LogP contribution in [0, 0.1) is 11.3 Å². The molecule has 0 bridgehead atoms. The number of benzene rings is 3. The number of methoxy groups -OCH3 is 1. The fourth-order valence-corrected chi connectivity index (χ4v) is 4.47. The molecule has 200 valence electrons. The van der Waals surface area contributed by atoms with Crippen molar-refractivity contribution in [2.24, 2.45) is 0 Å². The SMILES string of the molecule is COc1cc(/C=C(\C#N)C(=O)Nc2cccc(C(=O)O)c2)cc(Cl)c1OS(=O)(=O)c1ccc(NC(C)=O)cc1. The molecule has 0 aromatic heterocycles. The van der Waals surface area contributed by atoms with Gasteiger partial charge in [-0.3, -0.25) is 9.59 Å². The quantitative estimate of drug-likeness (QED) is 0.193. The number of halogens is 1. The van der Waals surface area contributed by atoms with Crippen LogP contribution >= 0.6 is 11.6 Å². The van der Waals surface area contributed by atoms with Crippen molar-refractivity contribution in [2.75, 3.05) is 17.7 Å². The smallest absolute Gasteiger partial charge is 0.339 e. The molecular weight excluding hydrogens is 550 g/mol. The van der Waals surface area contributed by atoms with Gasteiger partial charge in [-0.15, -0.1) is 0 Å². The fraction of sp³-hybridized carbons (Fsp3) is 0.0769. The van der Waals surface area contributed by atoms with E-state index in [0.717, 1.165) is 0 Å². The molecule has 3 rings (SSSR count). The number of amides is 2. The van der Waals surface area contributed by atoms with E-state index in [9.17, 15) is 28.1 Å². The third-order valence-electron chi connectivity index (χ3n) is 4.95. The Morgan fingerprint density at radius 2 is 1.72 bits per heavy atom. The lowest BCUT2D eigenvalue weighted by Crippen LogP contribution is -2.14. The summed E-state index contributed by atoms with van der Waals surface area (Å²) in [5.74, 6) is -2.75. The molecule has 0 saturated heterocycles. The highest BCUT2D eigenvalue weighted by atomic mass is 35.5. The van der Waals surface area contributed by atoms with Gasteiger partial charge in [-0.05, 0) is 66.2 Å². The zero-order chi connectivity index (χ0) is 28.7. The van der Waals surface area contributed by atoms with E-state index in [2.05, 4.69) is 10.6 Å². The number of carboxylic acids is 1. The van der Waals surface area contributed by atoms with Gasteiger partial charge < -0.3 is 24.7 Å². The van der Waals surface area contributed by atoms with Crippen LogP contribution in [0.25, 0.3) is 6.08 Å². The van der Waals surface area contributed by atoms with Crippen LogP contribution in [0.3, 0.4) is 0 Å². The topological polar surface area (TPSA) is 172 Å². The van der Waals surface area contributed by atoms with Crippen LogP contribution in [0.2, 0.25) is 5.02 Å². The highest BCUT2D eigenvalue weighted by Crippen LogP contribution is 2.39. The first kappa shape index (κ1) is 28.7. The molecule has 0 saturated carbocycles. The van der Waals surface area contributed by atoms with Gasteiger partial charge in [0, 0.05) is 18.3 Å². The van der Waals surface area contributed by atoms with E-state index in [0.29, 0.717) is 5.69 Å². The number of carbonyl (C=O) groups excluding carboxylic acids is 2. The van der Waals surface area contributed by atoms with Crippen molar-refractivity contribution in [3.05, 3.63) is 82.4 Å². The van der Waals surface area contributed by atoms with Crippen molar-refractivity contribution in [3.8, 4) is 17.6 Å². The average Bonchev–Trinajstić information content (AvgIpc) is 2.88. The Bertz CT molecular complexity index is 1630. The van der Waals surface area contributed by atoms with Crippen LogP contribution in [0.5, 0.6) is 11.5 Å². The van der Waals surface area contributed by atoms with Gasteiger partial charge in [-0.2, -0.15) is 13.7 Å². The minimum atomic E-state index is -4.36. The molecule has 13 heteroatoms. The summed E-state index contributed by atoms with van der Waals surface area (Å²) in [4.78, 5) is 34.7. The van der Waals surface area contributed by atoms with Crippen molar-refractivity contribution < 1.29 is 36.8 Å². The molecule has 3 aromatic rings. The molecule has 39 heavy (non-hydrogen) atoms. The first-order valence-corrected chi connectivity index (χ1v) is 12.7. The second kappa shape index (κ2) is 12.1. The molecule has 0 radical (unpaired) electrons. The Morgan fingerprint density at radius 3 is 2.31 bits per heavy atom. The van der Waals surface area contributed by atoms with Crippen molar-refractivity contribution in [3.63, 3.8) is 0 Å². The van der Waals surface area contributed by atoms with Crippen LogP contribution < -0.4 is 19.6 Å². The Balaban J connectivity index is 1.87. The summed E-state index contributed by atoms with van der Waals surface area (Å²) < 4.78 is 36.1. The molecule has 0 atom stereocenters. The number of anilines is 2. The Kier molecular flexibility index (Phi) is 8.92. The fourth-order valence-electron chi connectivity index (χ4n) is 3.21. The molecule has 0 aliphatic heterocycles. The van der Waals surface area contributed by atoms with Crippen molar-refractivity contribution in [1.29, 1.82) is 5.26 Å². The lowest BCUT2D eigenvalue weighted by Gasteiger charge is -2.14. The number of hydrogen-bond acceptors (Lipinski definition) is 8. The largest absolute Gasteiger partial charge is 0.493 e. The van der Waals surface area contributed by atoms with Crippen LogP contribution in [0.15, 0.2) is 71.1 Å². The van der Waals surface area contributed by atoms with E-state index in [1.165, 1.54) is 80.8 Å². The van der Waals surface area contributed by atoms with Gasteiger partial charge >= 0.3 is 16.1 Å². The van der Waals surface area contributed by atoms with E-state index >= 15 is 0 Å². The van der Waals surface area contributed by atoms with Gasteiger partial charge in [0.1, 0.15) is 16.5 Å². The number of nitrogens with one attached hydrogen (secondary N) is 2. The standard InChI is InChI=1S/C26H20ClN3O8S/c1-15(31)29-19-6-8-21(9-7-19)39(35,36)38-24-22(27)11-16(12-23(24)37-2)10-18(14-28)25(32)30-20-5-3-4-17(13-20)26(33)34/h3-13H,1-2H3,(H,29,31)(H,30,32)(H,33,34)/b18-10+. The molecule has 2 amide bonds. The minimum absolute atomic E-state index is 0.0546. The van der Waals surface area contributed by atoms with E-state index in [1.807, 2.05) is 0 Å². The monoisotopic (exact) mass is 569 g/mol. The lowest BCUT2D eigenvalue weighted by molar-refractivity contribution is -0.114. The molecule has 0 aliphatic carbocycles. The molecule has 0 fully saturated rings. The normalized spacial score (nSPS) is 11.2. The molecule has 3 N–H and O–H groups in total. The molecule has 0 spiro atoms. The summed E-state index contributed by atoms with van der Waals surface area (Å²) in [6.07, 6.45) is 1.18. The van der Waals surface area contributed by atoms with E-state index < -0.39 is 22.0 Å². The predicted molar refractivity (Wildman–Crippen MR) is 142 cm³/mol. The molecule has 11 nitrogen and oxygen atoms in total. The van der Waals surface area contributed by atoms with Crippen molar-refractivity contribution in [2.45, 2.75) is 11.8 Å². The number of carbonyl (C=O) groups is 3. The third-order valence-corrected chi connectivity index (χ3v) is 6.47. The zero-order valence-corrected chi connectivity index (χ0v) is 22.0. The summed E-state index contributed by atoms with van der Waals surface area (Å²) >= 11 is 6.29. The van der Waals surface area contributed by atoms with E-state index in [1.54, 1.807) is 6.07 Å². The van der Waals surface area contributed by atoms with Gasteiger partial charge in [0.15, 0.2) is 5.75 Å². The van der Waals surface area contributed by atoms with Crippen LogP contribution in [-0.4, -0.2) is 38.4 Å². The van der Waals surface area contributed by atoms with E-state index in [-0.39, 0.29) is 49.7 Å². The lowest BCUT2D eigenvalue weighted by atomic mass is 10.1. The van der Waals surface area contributed by atoms with Crippen LogP contribution in [0.4, 0.5) is 11.4 Å². The molecule has 0 heterocycles. The maximum Gasteiger partial charge on any atom is 0.339 e. The first-order valence-electron chi connectivity index (χ1n) is 10.9. The van der Waals surface area contributed by atoms with Crippen LogP contribution in [-0.2, 0) is 19.7 Å². The predicted octanol–water partition coefficient (Wildman–Crippen LogP) is 4.32. The Morgan fingerprint density at radius 1 is 1.03 bits per heavy atom. The maximum absolute atomic E-state index is 12.8. The van der Waals surface area contributed by atoms with Gasteiger partial charge in [0.2, 0.25) is 11.7 Å². The summed E-state index contributed by atoms with van der Waals surface area (Å²) in [6.45, 7) is 1.31. The number of nitrogens with zero attached hydrogens (tertiary/aromatic N) is 1. The molecule has 0 aliphatic rings. The molecule has 3 aromatic carbocycles. The van der Waals surface area contributed by atoms with Crippen molar-refractivity contribution >= 4 is 57.0 Å². The summed E-state index contributed by atoms with van der Waals surface area (Å²) in [7, 11) is -3.12. The Labute approximate surface area is 228 Å². The molecule has 0 unspecified atom stereocenters. The molecular formula is C26H20ClN3O8S. The highest BCUT2D eigenvalue weighted by Gasteiger charge is 2.23. The second-order valence-corrected chi connectivity index (χ2v) is 9.74. The van der Waals surface area contributed by atoms with E-state index in [4.69, 9.17) is 25.6 Å². The van der Waals surface area contributed by atoms with Gasteiger partial charge in [-0.25, -0.2) is 4.79 Å². The zero-order valence-electron chi connectivity index (χ0n) is 20.4. The Hall–Kier alpha value is -4.86. The van der Waals surface area contributed by atoms with Gasteiger partial charge in [0.05, 0.1) is 17.7 Å². The number of aromatic carboxylic acids is 1. The number of carboxylic acid groups (broad SMARTS) is 1. The van der Waals surface area contributed by atoms with Gasteiger partial charge in [-0.1, -0.05) is 17.7 Å². The first-order chi connectivity index (χ1) is 18.4. The summed E-state index contributed by atoms with van der Waals surface area (Å²) in [5, 5.41) is 23.4. The average molecular weight is 570 g/mol. The maximum atomic E-state index is 12.8.